The second kappa shape index (κ2) is 14.7. The fourth-order valence-electron chi connectivity index (χ4n) is 3.68. The SMILES string of the molecule is Cl.Cl.Cl.O=C1NCc2cc(OCCCNC(CCc3cccnc3)c3ccncc3)ccc21. The number of benzene rings is 1. The molecule has 0 aliphatic carbocycles. The largest absolute Gasteiger partial charge is 0.494 e. The van der Waals surface area contributed by atoms with Crippen molar-refractivity contribution >= 4 is 43.1 Å². The van der Waals surface area contributed by atoms with E-state index < -0.39 is 0 Å². The number of ether oxygens (including phenoxy) is 1. The molecule has 9 heteroatoms. The summed E-state index contributed by atoms with van der Waals surface area (Å²) in [5.74, 6) is 0.807. The van der Waals surface area contributed by atoms with E-state index in [1.165, 1.54) is 11.1 Å². The van der Waals surface area contributed by atoms with E-state index in [1.54, 1.807) is 6.20 Å². The third kappa shape index (κ3) is 8.16. The first kappa shape index (κ1) is 28.7. The lowest BCUT2D eigenvalue weighted by Crippen LogP contribution is -2.24. The fraction of sp³-hybridized carbons (Fsp3) is 0.292. The highest BCUT2D eigenvalue weighted by molar-refractivity contribution is 5.98. The minimum atomic E-state index is -0.00538. The third-order valence-corrected chi connectivity index (χ3v) is 5.29. The average molecular weight is 512 g/mol. The third-order valence-electron chi connectivity index (χ3n) is 5.29. The first-order valence-corrected chi connectivity index (χ1v) is 10.4. The summed E-state index contributed by atoms with van der Waals surface area (Å²) in [5.41, 5.74) is 4.23. The van der Waals surface area contributed by atoms with Gasteiger partial charge >= 0.3 is 0 Å². The van der Waals surface area contributed by atoms with Crippen molar-refractivity contribution in [2.45, 2.75) is 31.8 Å². The molecule has 178 valence electrons. The summed E-state index contributed by atoms with van der Waals surface area (Å²) >= 11 is 0. The molecule has 1 atom stereocenters. The van der Waals surface area contributed by atoms with Gasteiger partial charge < -0.3 is 15.4 Å². The second-order valence-corrected chi connectivity index (χ2v) is 7.39. The molecule has 0 fully saturated rings. The van der Waals surface area contributed by atoms with Gasteiger partial charge in [0.1, 0.15) is 5.75 Å². The van der Waals surface area contributed by atoms with Crippen LogP contribution < -0.4 is 15.4 Å². The van der Waals surface area contributed by atoms with E-state index in [2.05, 4.69) is 38.8 Å². The lowest BCUT2D eigenvalue weighted by atomic mass is 10.0. The van der Waals surface area contributed by atoms with Gasteiger partial charge in [0.05, 0.1) is 6.61 Å². The van der Waals surface area contributed by atoms with Gasteiger partial charge in [-0.2, -0.15) is 0 Å². The first-order chi connectivity index (χ1) is 14.8. The predicted molar refractivity (Wildman–Crippen MR) is 137 cm³/mol. The van der Waals surface area contributed by atoms with Crippen molar-refractivity contribution in [3.8, 4) is 5.75 Å². The lowest BCUT2D eigenvalue weighted by molar-refractivity contribution is 0.0965. The summed E-state index contributed by atoms with van der Waals surface area (Å²) in [7, 11) is 0. The number of hydrogen-bond donors (Lipinski definition) is 2. The molecule has 0 radical (unpaired) electrons. The van der Waals surface area contributed by atoms with Crippen LogP contribution in [-0.2, 0) is 13.0 Å². The molecule has 1 aromatic carbocycles. The Morgan fingerprint density at radius 2 is 1.85 bits per heavy atom. The Morgan fingerprint density at radius 1 is 1.03 bits per heavy atom. The minimum Gasteiger partial charge on any atom is -0.494 e. The molecule has 1 amide bonds. The maximum Gasteiger partial charge on any atom is 0.251 e. The molecule has 33 heavy (non-hydrogen) atoms. The molecule has 3 heterocycles. The number of halogens is 3. The van der Waals surface area contributed by atoms with Crippen LogP contribution in [-0.4, -0.2) is 29.0 Å². The number of carbonyl (C=O) groups excluding carboxylic acids is 1. The number of nitrogens with zero attached hydrogens (tertiary/aromatic N) is 2. The maximum atomic E-state index is 11.6. The zero-order chi connectivity index (χ0) is 20.6. The van der Waals surface area contributed by atoms with Gasteiger partial charge in [-0.25, -0.2) is 0 Å². The van der Waals surface area contributed by atoms with Crippen LogP contribution >= 0.6 is 37.2 Å². The molecule has 3 aromatic rings. The Kier molecular flexibility index (Phi) is 12.8. The Balaban J connectivity index is 0.00000181. The molecule has 0 saturated carbocycles. The number of aryl methyl sites for hydroxylation is 1. The van der Waals surface area contributed by atoms with Gasteiger partial charge in [0.15, 0.2) is 0 Å². The zero-order valence-corrected chi connectivity index (χ0v) is 20.6. The molecule has 2 aromatic heterocycles. The highest BCUT2D eigenvalue weighted by atomic mass is 35.5. The quantitative estimate of drug-likeness (QED) is 0.385. The van der Waals surface area contributed by atoms with Crippen LogP contribution in [0.3, 0.4) is 0 Å². The van der Waals surface area contributed by atoms with Gasteiger partial charge in [-0.05, 0) is 78.9 Å². The van der Waals surface area contributed by atoms with Crippen LogP contribution in [0.1, 0.15) is 45.9 Å². The molecule has 1 unspecified atom stereocenters. The van der Waals surface area contributed by atoms with Gasteiger partial charge in [0, 0.05) is 42.9 Å². The van der Waals surface area contributed by atoms with Crippen molar-refractivity contribution in [3.63, 3.8) is 0 Å². The number of carbonyl (C=O) groups is 1. The number of fused-ring (bicyclic) bond motifs is 1. The van der Waals surface area contributed by atoms with Gasteiger partial charge in [-0.1, -0.05) is 6.07 Å². The smallest absolute Gasteiger partial charge is 0.251 e. The van der Waals surface area contributed by atoms with E-state index in [0.717, 1.165) is 42.7 Å². The highest BCUT2D eigenvalue weighted by Crippen LogP contribution is 2.22. The predicted octanol–water partition coefficient (Wildman–Crippen LogP) is 4.72. The second-order valence-electron chi connectivity index (χ2n) is 7.39. The van der Waals surface area contributed by atoms with Crippen LogP contribution in [0.25, 0.3) is 0 Å². The van der Waals surface area contributed by atoms with E-state index >= 15 is 0 Å². The van der Waals surface area contributed by atoms with Crippen LogP contribution in [0.15, 0.2) is 67.3 Å². The molecule has 1 aliphatic rings. The summed E-state index contributed by atoms with van der Waals surface area (Å²) in [6.07, 6.45) is 10.3. The first-order valence-electron chi connectivity index (χ1n) is 10.4. The fourth-order valence-corrected chi connectivity index (χ4v) is 3.68. The average Bonchev–Trinajstić information content (AvgIpc) is 3.17. The summed E-state index contributed by atoms with van der Waals surface area (Å²) in [6.45, 7) is 2.06. The zero-order valence-electron chi connectivity index (χ0n) is 18.1. The van der Waals surface area contributed by atoms with Crippen molar-refractivity contribution in [2.75, 3.05) is 13.2 Å². The summed E-state index contributed by atoms with van der Waals surface area (Å²) in [5, 5.41) is 6.48. The molecule has 1 aliphatic heterocycles. The van der Waals surface area contributed by atoms with E-state index in [1.807, 2.05) is 42.9 Å². The van der Waals surface area contributed by atoms with E-state index in [9.17, 15) is 4.79 Å². The number of amides is 1. The van der Waals surface area contributed by atoms with Crippen LogP contribution in [0.5, 0.6) is 5.75 Å². The Bertz CT molecular complexity index is 978. The van der Waals surface area contributed by atoms with E-state index in [-0.39, 0.29) is 49.2 Å². The highest BCUT2D eigenvalue weighted by Gasteiger charge is 2.18. The molecule has 4 rings (SSSR count). The summed E-state index contributed by atoms with van der Waals surface area (Å²) in [4.78, 5) is 20.0. The van der Waals surface area contributed by atoms with Gasteiger partial charge in [0.25, 0.3) is 5.91 Å². The lowest BCUT2D eigenvalue weighted by Gasteiger charge is -2.19. The monoisotopic (exact) mass is 510 g/mol. The van der Waals surface area contributed by atoms with Gasteiger partial charge in [0.2, 0.25) is 0 Å². The van der Waals surface area contributed by atoms with Gasteiger partial charge in [-0.15, -0.1) is 37.2 Å². The van der Waals surface area contributed by atoms with Gasteiger partial charge in [-0.3, -0.25) is 14.8 Å². The van der Waals surface area contributed by atoms with Crippen LogP contribution in [0.4, 0.5) is 0 Å². The number of rotatable bonds is 10. The van der Waals surface area contributed by atoms with Crippen molar-refractivity contribution < 1.29 is 9.53 Å². The number of aromatic nitrogens is 2. The Hall–Kier alpha value is -2.38. The minimum absolute atomic E-state index is 0. The topological polar surface area (TPSA) is 76.1 Å². The molecule has 0 bridgehead atoms. The summed E-state index contributed by atoms with van der Waals surface area (Å²) in [6, 6.07) is 14.1. The van der Waals surface area contributed by atoms with Crippen molar-refractivity contribution in [2.24, 2.45) is 0 Å². The normalized spacial score (nSPS) is 12.3. The van der Waals surface area contributed by atoms with Crippen molar-refractivity contribution in [1.29, 1.82) is 0 Å². The number of pyridine rings is 2. The van der Waals surface area contributed by atoms with Crippen molar-refractivity contribution in [3.05, 3.63) is 89.5 Å². The molecular formula is C24H29Cl3N4O2. The standard InChI is InChI=1S/C24H26N4O2.3ClH/c29-24-22-6-5-21(15-20(22)17-28-24)30-14-2-11-27-23(19-8-12-25-13-9-19)7-4-18-3-1-10-26-16-18;;;/h1,3,5-6,8-10,12-13,15-16,23,27H,2,4,7,11,14,17H2,(H,28,29);3*1H. The Morgan fingerprint density at radius 3 is 2.61 bits per heavy atom. The van der Waals surface area contributed by atoms with E-state index in [4.69, 9.17) is 4.74 Å². The van der Waals surface area contributed by atoms with E-state index in [0.29, 0.717) is 13.2 Å². The molecular weight excluding hydrogens is 483 g/mol. The van der Waals surface area contributed by atoms with Crippen LogP contribution in [0.2, 0.25) is 0 Å². The molecule has 0 saturated heterocycles. The number of hydrogen-bond acceptors (Lipinski definition) is 5. The van der Waals surface area contributed by atoms with Crippen LogP contribution in [0, 0.1) is 0 Å². The molecule has 0 spiro atoms. The molecule has 6 nitrogen and oxygen atoms in total. The summed E-state index contributed by atoms with van der Waals surface area (Å²) < 4.78 is 5.89. The van der Waals surface area contributed by atoms with Crippen molar-refractivity contribution in [1.82, 2.24) is 20.6 Å². The maximum absolute atomic E-state index is 11.6. The number of nitrogens with one attached hydrogen (secondary N) is 2. The molecule has 2 N–H and O–H groups in total. The Labute approximate surface area is 213 Å².